The molecule has 9 heteroatoms. The number of rotatable bonds is 5. The van der Waals surface area contributed by atoms with Gasteiger partial charge < -0.3 is 15.0 Å². The fourth-order valence-electron chi connectivity index (χ4n) is 3.85. The van der Waals surface area contributed by atoms with Crippen LogP contribution in [0.15, 0.2) is 52.0 Å². The largest absolute Gasteiger partial charge is 0.378 e. The van der Waals surface area contributed by atoms with E-state index in [9.17, 15) is 9.59 Å². The van der Waals surface area contributed by atoms with Crippen molar-refractivity contribution in [3.05, 3.63) is 63.3 Å². The monoisotopic (exact) mass is 466 g/mol. The van der Waals surface area contributed by atoms with Gasteiger partial charge in [0.1, 0.15) is 17.2 Å². The minimum atomic E-state index is -0.261. The second-order valence-electron chi connectivity index (χ2n) is 7.55. The molecule has 1 N–H and O–H groups in total. The summed E-state index contributed by atoms with van der Waals surface area (Å²) in [6, 6.07) is 11.7. The second kappa shape index (κ2) is 8.85. The van der Waals surface area contributed by atoms with Crippen LogP contribution < -0.4 is 15.8 Å². The SMILES string of the molecule is Cc1nc2scc(-c3cccs3)c2c(=O)n1CC(=O)Nc1ccc(N2CCOCC2)cc1. The van der Waals surface area contributed by atoms with Crippen molar-refractivity contribution in [3.8, 4) is 10.4 Å². The van der Waals surface area contributed by atoms with Crippen molar-refractivity contribution in [3.63, 3.8) is 0 Å². The van der Waals surface area contributed by atoms with E-state index in [1.54, 1.807) is 18.3 Å². The zero-order valence-electron chi connectivity index (χ0n) is 17.5. The maximum atomic E-state index is 13.3. The third-order valence-electron chi connectivity index (χ3n) is 5.50. The lowest BCUT2D eigenvalue weighted by atomic mass is 10.2. The van der Waals surface area contributed by atoms with Crippen LogP contribution in [0.2, 0.25) is 0 Å². The summed E-state index contributed by atoms with van der Waals surface area (Å²) in [5.74, 6) is 0.267. The van der Waals surface area contributed by atoms with E-state index in [-0.39, 0.29) is 18.0 Å². The van der Waals surface area contributed by atoms with Gasteiger partial charge in [0, 0.05) is 40.3 Å². The first kappa shape index (κ1) is 20.9. The molecular weight excluding hydrogens is 444 g/mol. The normalized spacial score (nSPS) is 14.1. The van der Waals surface area contributed by atoms with Crippen LogP contribution in [0.3, 0.4) is 0 Å². The molecule has 4 heterocycles. The summed E-state index contributed by atoms with van der Waals surface area (Å²) in [5, 5.41) is 7.41. The number of benzene rings is 1. The maximum absolute atomic E-state index is 13.3. The molecule has 1 saturated heterocycles. The van der Waals surface area contributed by atoms with Crippen molar-refractivity contribution in [1.82, 2.24) is 9.55 Å². The average Bonchev–Trinajstić information content (AvgIpc) is 3.48. The first-order chi connectivity index (χ1) is 15.6. The zero-order valence-corrected chi connectivity index (χ0v) is 19.2. The third kappa shape index (κ3) is 4.06. The molecule has 0 unspecified atom stereocenters. The van der Waals surface area contributed by atoms with Gasteiger partial charge in [-0.2, -0.15) is 0 Å². The van der Waals surface area contributed by atoms with Crippen LogP contribution in [-0.2, 0) is 16.1 Å². The van der Waals surface area contributed by atoms with Gasteiger partial charge in [0.15, 0.2) is 0 Å². The molecule has 1 fully saturated rings. The van der Waals surface area contributed by atoms with E-state index in [0.717, 1.165) is 42.4 Å². The van der Waals surface area contributed by atoms with Crippen molar-refractivity contribution >= 4 is 50.2 Å². The maximum Gasteiger partial charge on any atom is 0.263 e. The van der Waals surface area contributed by atoms with Gasteiger partial charge in [-0.1, -0.05) is 6.07 Å². The minimum absolute atomic E-state index is 0.0848. The molecule has 7 nitrogen and oxygen atoms in total. The molecule has 1 aliphatic heterocycles. The Bertz CT molecular complexity index is 1300. The van der Waals surface area contributed by atoms with Gasteiger partial charge >= 0.3 is 0 Å². The quantitative estimate of drug-likeness (QED) is 0.482. The molecule has 0 atom stereocenters. The number of amides is 1. The Labute approximate surface area is 192 Å². The van der Waals surface area contributed by atoms with Crippen molar-refractivity contribution in [2.75, 3.05) is 36.5 Å². The van der Waals surface area contributed by atoms with Crippen molar-refractivity contribution < 1.29 is 9.53 Å². The minimum Gasteiger partial charge on any atom is -0.378 e. The van der Waals surface area contributed by atoms with Gasteiger partial charge in [0.25, 0.3) is 5.56 Å². The van der Waals surface area contributed by atoms with Crippen LogP contribution in [0.5, 0.6) is 0 Å². The summed E-state index contributed by atoms with van der Waals surface area (Å²) >= 11 is 3.04. The highest BCUT2D eigenvalue weighted by Gasteiger charge is 2.18. The van der Waals surface area contributed by atoms with Gasteiger partial charge in [-0.05, 0) is 42.6 Å². The lowest BCUT2D eigenvalue weighted by Crippen LogP contribution is -2.36. The number of nitrogens with one attached hydrogen (secondary N) is 1. The summed E-state index contributed by atoms with van der Waals surface area (Å²) in [7, 11) is 0. The number of carbonyl (C=O) groups is 1. The number of morpholine rings is 1. The van der Waals surface area contributed by atoms with E-state index in [4.69, 9.17) is 4.74 Å². The summed E-state index contributed by atoms with van der Waals surface area (Å²) in [5.41, 5.74) is 2.49. The molecular formula is C23H22N4O3S2. The van der Waals surface area contributed by atoms with E-state index in [0.29, 0.717) is 21.7 Å². The number of anilines is 2. The van der Waals surface area contributed by atoms with E-state index in [2.05, 4.69) is 15.2 Å². The highest BCUT2D eigenvalue weighted by atomic mass is 32.1. The summed E-state index contributed by atoms with van der Waals surface area (Å²) in [4.78, 5) is 34.6. The Balaban J connectivity index is 1.35. The molecule has 32 heavy (non-hydrogen) atoms. The average molecular weight is 467 g/mol. The molecule has 0 bridgehead atoms. The summed E-state index contributed by atoms with van der Waals surface area (Å²) in [6.07, 6.45) is 0. The number of hydrogen-bond donors (Lipinski definition) is 1. The van der Waals surface area contributed by atoms with Crippen molar-refractivity contribution in [2.45, 2.75) is 13.5 Å². The van der Waals surface area contributed by atoms with Gasteiger partial charge in [-0.25, -0.2) is 4.98 Å². The first-order valence-corrected chi connectivity index (χ1v) is 12.1. The lowest BCUT2D eigenvalue weighted by Gasteiger charge is -2.28. The van der Waals surface area contributed by atoms with Crippen LogP contribution in [0.1, 0.15) is 5.82 Å². The molecule has 0 spiro atoms. The number of thiophene rings is 2. The first-order valence-electron chi connectivity index (χ1n) is 10.4. The third-order valence-corrected chi connectivity index (χ3v) is 7.28. The molecule has 5 rings (SSSR count). The Morgan fingerprint density at radius 2 is 1.94 bits per heavy atom. The topological polar surface area (TPSA) is 76.5 Å². The number of fused-ring (bicyclic) bond motifs is 1. The van der Waals surface area contributed by atoms with Crippen LogP contribution in [0.25, 0.3) is 20.7 Å². The molecule has 3 aromatic heterocycles. The molecule has 1 amide bonds. The van der Waals surface area contributed by atoms with Gasteiger partial charge in [-0.15, -0.1) is 22.7 Å². The van der Waals surface area contributed by atoms with Gasteiger partial charge in [0.05, 0.1) is 18.6 Å². The molecule has 1 aliphatic rings. The molecule has 4 aromatic rings. The number of aryl methyl sites for hydroxylation is 1. The second-order valence-corrected chi connectivity index (χ2v) is 9.36. The van der Waals surface area contributed by atoms with Crippen molar-refractivity contribution in [2.24, 2.45) is 0 Å². The van der Waals surface area contributed by atoms with Crippen molar-refractivity contribution in [1.29, 1.82) is 0 Å². The Morgan fingerprint density at radius 3 is 2.66 bits per heavy atom. The number of hydrogen-bond acceptors (Lipinski definition) is 7. The predicted molar refractivity (Wildman–Crippen MR) is 130 cm³/mol. The standard InChI is InChI=1S/C23H22N4O3S2/c1-15-24-22-21(18(14-32-22)19-3-2-12-31-19)23(29)27(15)13-20(28)25-16-4-6-17(7-5-16)26-8-10-30-11-9-26/h2-7,12,14H,8-11,13H2,1H3,(H,25,28). The van der Waals surface area contributed by atoms with E-state index in [1.807, 2.05) is 47.2 Å². The van der Waals surface area contributed by atoms with Crippen LogP contribution >= 0.6 is 22.7 Å². The number of ether oxygens (including phenoxy) is 1. The van der Waals surface area contributed by atoms with Crippen LogP contribution in [0.4, 0.5) is 11.4 Å². The van der Waals surface area contributed by atoms with Gasteiger partial charge in [0.2, 0.25) is 5.91 Å². The predicted octanol–water partition coefficient (Wildman–Crippen LogP) is 3.97. The molecule has 1 aromatic carbocycles. The summed E-state index contributed by atoms with van der Waals surface area (Å²) < 4.78 is 6.84. The van der Waals surface area contributed by atoms with Crippen LogP contribution in [0, 0.1) is 6.92 Å². The van der Waals surface area contributed by atoms with E-state index >= 15 is 0 Å². The fraction of sp³-hybridized carbons (Fsp3) is 0.261. The Hall–Kier alpha value is -3.01. The molecule has 0 radical (unpaired) electrons. The number of aromatic nitrogens is 2. The number of carbonyl (C=O) groups excluding carboxylic acids is 1. The Morgan fingerprint density at radius 1 is 1.16 bits per heavy atom. The molecule has 0 saturated carbocycles. The number of nitrogens with zero attached hydrogens (tertiary/aromatic N) is 3. The highest BCUT2D eigenvalue weighted by molar-refractivity contribution is 7.18. The zero-order chi connectivity index (χ0) is 22.1. The molecule has 164 valence electrons. The van der Waals surface area contributed by atoms with E-state index < -0.39 is 0 Å². The van der Waals surface area contributed by atoms with E-state index in [1.165, 1.54) is 15.9 Å². The van der Waals surface area contributed by atoms with Gasteiger partial charge in [-0.3, -0.25) is 14.2 Å². The lowest BCUT2D eigenvalue weighted by molar-refractivity contribution is -0.116. The summed E-state index contributed by atoms with van der Waals surface area (Å²) in [6.45, 7) is 4.85. The smallest absolute Gasteiger partial charge is 0.263 e. The Kier molecular flexibility index (Phi) is 5.77. The fourth-order valence-corrected chi connectivity index (χ4v) is 5.64. The van der Waals surface area contributed by atoms with Crippen LogP contribution in [-0.4, -0.2) is 41.8 Å². The molecule has 0 aliphatic carbocycles. The highest BCUT2D eigenvalue weighted by Crippen LogP contribution is 2.33.